The van der Waals surface area contributed by atoms with Crippen LogP contribution in [0.2, 0.25) is 0 Å². The van der Waals surface area contributed by atoms with Crippen LogP contribution in [-0.4, -0.2) is 31.9 Å². The van der Waals surface area contributed by atoms with Gasteiger partial charge in [0.05, 0.1) is 12.6 Å². The second kappa shape index (κ2) is 7.17. The van der Waals surface area contributed by atoms with Crippen LogP contribution < -0.4 is 25.3 Å². The Labute approximate surface area is 124 Å². The van der Waals surface area contributed by atoms with Gasteiger partial charge in [0.1, 0.15) is 12.4 Å². The molecule has 0 fully saturated rings. The zero-order valence-electron chi connectivity index (χ0n) is 12.4. The molecule has 0 saturated carbocycles. The minimum absolute atomic E-state index is 0.141. The van der Waals surface area contributed by atoms with E-state index in [0.717, 1.165) is 5.75 Å². The van der Waals surface area contributed by atoms with Crippen molar-refractivity contribution in [1.29, 1.82) is 0 Å². The average molecular weight is 294 g/mol. The summed E-state index contributed by atoms with van der Waals surface area (Å²) < 4.78 is 16.0. The Bertz CT molecular complexity index is 491. The van der Waals surface area contributed by atoms with Gasteiger partial charge in [0.2, 0.25) is 12.7 Å². The lowest BCUT2D eigenvalue weighted by molar-refractivity contribution is -0.122. The van der Waals surface area contributed by atoms with E-state index in [9.17, 15) is 4.79 Å². The molecule has 1 amide bonds. The maximum Gasteiger partial charge on any atom is 0.237 e. The van der Waals surface area contributed by atoms with Crippen molar-refractivity contribution in [3.8, 4) is 17.2 Å². The van der Waals surface area contributed by atoms with Crippen LogP contribution in [0.1, 0.15) is 20.3 Å². The third-order valence-corrected chi connectivity index (χ3v) is 3.08. The summed E-state index contributed by atoms with van der Waals surface area (Å²) in [5, 5.41) is 2.77. The SMILES string of the molecule is CC(C)C[C@H](N)C(=O)NCCOc1ccc2c(c1)OCO2. The van der Waals surface area contributed by atoms with Gasteiger partial charge in [0.25, 0.3) is 0 Å². The first-order valence-corrected chi connectivity index (χ1v) is 7.12. The Morgan fingerprint density at radius 2 is 2.14 bits per heavy atom. The van der Waals surface area contributed by atoms with Crippen molar-refractivity contribution in [1.82, 2.24) is 5.32 Å². The van der Waals surface area contributed by atoms with E-state index in [1.807, 2.05) is 13.8 Å². The summed E-state index contributed by atoms with van der Waals surface area (Å²) in [6.07, 6.45) is 0.675. The lowest BCUT2D eigenvalue weighted by atomic mass is 10.0. The van der Waals surface area contributed by atoms with Crippen LogP contribution in [-0.2, 0) is 4.79 Å². The summed E-state index contributed by atoms with van der Waals surface area (Å²) in [5.41, 5.74) is 5.79. The van der Waals surface area contributed by atoms with E-state index in [2.05, 4.69) is 5.32 Å². The van der Waals surface area contributed by atoms with E-state index in [4.69, 9.17) is 19.9 Å². The molecular formula is C15H22N2O4. The highest BCUT2D eigenvalue weighted by Gasteiger charge is 2.15. The van der Waals surface area contributed by atoms with E-state index >= 15 is 0 Å². The number of hydrogen-bond donors (Lipinski definition) is 2. The van der Waals surface area contributed by atoms with Crippen molar-refractivity contribution in [2.75, 3.05) is 19.9 Å². The predicted molar refractivity (Wildman–Crippen MR) is 78.5 cm³/mol. The fourth-order valence-corrected chi connectivity index (χ4v) is 2.06. The van der Waals surface area contributed by atoms with Gasteiger partial charge in [-0.1, -0.05) is 13.8 Å². The van der Waals surface area contributed by atoms with Crippen LogP contribution in [0.15, 0.2) is 18.2 Å². The molecule has 3 N–H and O–H groups in total. The Morgan fingerprint density at radius 1 is 1.38 bits per heavy atom. The van der Waals surface area contributed by atoms with Crippen molar-refractivity contribution >= 4 is 5.91 Å². The summed E-state index contributed by atoms with van der Waals surface area (Å²) in [6, 6.07) is 4.92. The van der Waals surface area contributed by atoms with E-state index in [1.165, 1.54) is 0 Å². The van der Waals surface area contributed by atoms with Crippen LogP contribution in [0.25, 0.3) is 0 Å². The second-order valence-electron chi connectivity index (χ2n) is 5.39. The number of ether oxygens (including phenoxy) is 3. The lowest BCUT2D eigenvalue weighted by Gasteiger charge is -2.14. The quantitative estimate of drug-likeness (QED) is 0.740. The molecule has 1 heterocycles. The van der Waals surface area contributed by atoms with E-state index in [-0.39, 0.29) is 12.7 Å². The summed E-state index contributed by atoms with van der Waals surface area (Å²) in [4.78, 5) is 11.7. The van der Waals surface area contributed by atoms with Crippen molar-refractivity contribution in [3.05, 3.63) is 18.2 Å². The molecule has 116 valence electrons. The summed E-state index contributed by atoms with van der Waals surface area (Å²) in [7, 11) is 0. The Hall–Kier alpha value is -1.95. The molecule has 1 aliphatic rings. The molecule has 21 heavy (non-hydrogen) atoms. The third-order valence-electron chi connectivity index (χ3n) is 3.08. The highest BCUT2D eigenvalue weighted by molar-refractivity contribution is 5.81. The molecule has 0 bridgehead atoms. The standard InChI is InChI=1S/C15H22N2O4/c1-10(2)7-12(16)15(18)17-5-6-19-11-3-4-13-14(8-11)21-9-20-13/h3-4,8,10,12H,5-7,9,16H2,1-2H3,(H,17,18)/t12-/m0/s1. The first-order valence-electron chi connectivity index (χ1n) is 7.12. The normalized spacial score (nSPS) is 14.1. The predicted octanol–water partition coefficient (Wildman–Crippen LogP) is 1.28. The number of nitrogens with one attached hydrogen (secondary N) is 1. The van der Waals surface area contributed by atoms with E-state index in [1.54, 1.807) is 18.2 Å². The zero-order valence-corrected chi connectivity index (χ0v) is 12.4. The fourth-order valence-electron chi connectivity index (χ4n) is 2.06. The fraction of sp³-hybridized carbons (Fsp3) is 0.533. The van der Waals surface area contributed by atoms with Crippen molar-refractivity contribution in [2.24, 2.45) is 11.7 Å². The number of fused-ring (bicyclic) bond motifs is 1. The average Bonchev–Trinajstić information content (AvgIpc) is 2.90. The maximum atomic E-state index is 11.7. The van der Waals surface area contributed by atoms with Gasteiger partial charge >= 0.3 is 0 Å². The van der Waals surface area contributed by atoms with Crippen LogP contribution >= 0.6 is 0 Å². The third kappa shape index (κ3) is 4.53. The van der Waals surface area contributed by atoms with Crippen molar-refractivity contribution in [3.63, 3.8) is 0 Å². The molecule has 0 unspecified atom stereocenters. The monoisotopic (exact) mass is 294 g/mol. The first kappa shape index (κ1) is 15.4. The van der Waals surface area contributed by atoms with Gasteiger partial charge < -0.3 is 25.3 Å². The number of carbonyl (C=O) groups is 1. The van der Waals surface area contributed by atoms with Crippen molar-refractivity contribution < 1.29 is 19.0 Å². The molecule has 2 rings (SSSR count). The number of benzene rings is 1. The largest absolute Gasteiger partial charge is 0.492 e. The molecule has 0 radical (unpaired) electrons. The van der Waals surface area contributed by atoms with Crippen LogP contribution in [0.3, 0.4) is 0 Å². The molecule has 1 aromatic carbocycles. The highest BCUT2D eigenvalue weighted by Crippen LogP contribution is 2.34. The topological polar surface area (TPSA) is 82.8 Å². The maximum absolute atomic E-state index is 11.7. The number of nitrogens with two attached hydrogens (primary N) is 1. The number of hydrogen-bond acceptors (Lipinski definition) is 5. The van der Waals surface area contributed by atoms with E-state index in [0.29, 0.717) is 37.0 Å². The molecule has 1 atom stereocenters. The number of rotatable bonds is 7. The molecule has 1 aromatic rings. The van der Waals surface area contributed by atoms with Gasteiger partial charge in [-0.2, -0.15) is 0 Å². The van der Waals surface area contributed by atoms with E-state index < -0.39 is 6.04 Å². The first-order chi connectivity index (χ1) is 10.1. The molecule has 0 spiro atoms. The van der Waals surface area contributed by atoms with Gasteiger partial charge in [0.15, 0.2) is 11.5 Å². The molecule has 1 aliphatic heterocycles. The van der Waals surface area contributed by atoms with Gasteiger partial charge in [-0.15, -0.1) is 0 Å². The van der Waals surface area contributed by atoms with Crippen LogP contribution in [0.4, 0.5) is 0 Å². The summed E-state index contributed by atoms with van der Waals surface area (Å²) in [6.45, 7) is 5.10. The number of amides is 1. The zero-order chi connectivity index (χ0) is 15.2. The molecule has 0 saturated heterocycles. The van der Waals surface area contributed by atoms with Gasteiger partial charge in [-0.05, 0) is 24.5 Å². The number of carbonyl (C=O) groups excluding carboxylic acids is 1. The van der Waals surface area contributed by atoms with Crippen LogP contribution in [0.5, 0.6) is 17.2 Å². The van der Waals surface area contributed by atoms with Gasteiger partial charge in [-0.3, -0.25) is 4.79 Å². The minimum atomic E-state index is -0.462. The van der Waals surface area contributed by atoms with Gasteiger partial charge in [-0.25, -0.2) is 0 Å². The molecule has 6 heteroatoms. The Morgan fingerprint density at radius 3 is 2.90 bits per heavy atom. The highest BCUT2D eigenvalue weighted by atomic mass is 16.7. The molecule has 0 aromatic heterocycles. The summed E-state index contributed by atoms with van der Waals surface area (Å²) >= 11 is 0. The van der Waals surface area contributed by atoms with Crippen LogP contribution in [0, 0.1) is 5.92 Å². The molecule has 6 nitrogen and oxygen atoms in total. The van der Waals surface area contributed by atoms with Crippen molar-refractivity contribution in [2.45, 2.75) is 26.3 Å². The summed E-state index contributed by atoms with van der Waals surface area (Å²) in [5.74, 6) is 2.33. The lowest BCUT2D eigenvalue weighted by Crippen LogP contribution is -2.42. The van der Waals surface area contributed by atoms with Gasteiger partial charge in [0, 0.05) is 6.07 Å². The Balaban J connectivity index is 1.69. The molecule has 0 aliphatic carbocycles. The Kier molecular flexibility index (Phi) is 5.27. The minimum Gasteiger partial charge on any atom is -0.492 e. The molecular weight excluding hydrogens is 272 g/mol. The smallest absolute Gasteiger partial charge is 0.237 e. The second-order valence-corrected chi connectivity index (χ2v) is 5.39.